The van der Waals surface area contributed by atoms with Crippen molar-refractivity contribution in [3.05, 3.63) is 28.5 Å². The Morgan fingerprint density at radius 2 is 2.20 bits per heavy atom. The van der Waals surface area contributed by atoms with Crippen LogP contribution in [0.4, 0.5) is 0 Å². The fourth-order valence-electron chi connectivity index (χ4n) is 3.62. The van der Waals surface area contributed by atoms with Gasteiger partial charge in [0, 0.05) is 6.54 Å². The highest BCUT2D eigenvalue weighted by molar-refractivity contribution is 7.71. The van der Waals surface area contributed by atoms with E-state index in [-0.39, 0.29) is 0 Å². The number of benzene rings is 1. The molecule has 2 atom stereocenters. The Bertz CT molecular complexity index is 653. The van der Waals surface area contributed by atoms with Gasteiger partial charge in [-0.05, 0) is 61.5 Å². The summed E-state index contributed by atoms with van der Waals surface area (Å²) in [5.74, 6) is 1.79. The average Bonchev–Trinajstić information content (AvgIpc) is 2.72. The van der Waals surface area contributed by atoms with Crippen molar-refractivity contribution in [2.75, 3.05) is 0 Å². The first-order chi connectivity index (χ1) is 9.63. The van der Waals surface area contributed by atoms with E-state index in [9.17, 15) is 0 Å². The van der Waals surface area contributed by atoms with Gasteiger partial charge in [0.05, 0.1) is 11.0 Å². The van der Waals surface area contributed by atoms with Crippen LogP contribution < -0.4 is 0 Å². The summed E-state index contributed by atoms with van der Waals surface area (Å²) >= 11 is 5.49. The average molecular weight is 288 g/mol. The third-order valence-electron chi connectivity index (χ3n) is 4.74. The number of H-pyrrole nitrogens is 1. The summed E-state index contributed by atoms with van der Waals surface area (Å²) in [6.45, 7) is 5.59. The first-order valence-corrected chi connectivity index (χ1v) is 8.23. The largest absolute Gasteiger partial charge is 0.331 e. The lowest BCUT2D eigenvalue weighted by atomic mass is 9.81. The first kappa shape index (κ1) is 13.9. The van der Waals surface area contributed by atoms with Gasteiger partial charge in [-0.3, -0.25) is 0 Å². The SMILES string of the molecule is Cc1ccc2[nH]c(=S)n(CCC3CCCC(C)C3)c2c1. The number of hydrogen-bond donors (Lipinski definition) is 1. The molecule has 0 amide bonds. The molecule has 1 N–H and O–H groups in total. The molecule has 2 aromatic rings. The zero-order valence-electron chi connectivity index (χ0n) is 12.5. The molecule has 3 heteroatoms. The molecule has 0 spiro atoms. The molecule has 0 aliphatic heterocycles. The van der Waals surface area contributed by atoms with E-state index < -0.39 is 0 Å². The lowest BCUT2D eigenvalue weighted by Gasteiger charge is -2.26. The van der Waals surface area contributed by atoms with E-state index in [1.165, 1.54) is 43.2 Å². The normalized spacial score (nSPS) is 23.3. The van der Waals surface area contributed by atoms with Crippen LogP contribution in [0, 0.1) is 23.5 Å². The Kier molecular flexibility index (Phi) is 3.97. The van der Waals surface area contributed by atoms with Gasteiger partial charge in [-0.1, -0.05) is 32.3 Å². The molecule has 1 fully saturated rings. The number of hydrogen-bond acceptors (Lipinski definition) is 1. The molecule has 3 rings (SSSR count). The molecular formula is C17H24N2S. The number of imidazole rings is 1. The van der Waals surface area contributed by atoms with Crippen LogP contribution in [-0.4, -0.2) is 9.55 Å². The van der Waals surface area contributed by atoms with Gasteiger partial charge in [0.2, 0.25) is 0 Å². The smallest absolute Gasteiger partial charge is 0.178 e. The molecule has 1 saturated carbocycles. The Hall–Kier alpha value is -1.09. The second-order valence-corrected chi connectivity index (χ2v) is 6.92. The van der Waals surface area contributed by atoms with Crippen molar-refractivity contribution < 1.29 is 0 Å². The lowest BCUT2D eigenvalue weighted by Crippen LogP contribution is -2.15. The van der Waals surface area contributed by atoms with Crippen LogP contribution in [-0.2, 0) is 6.54 Å². The predicted molar refractivity (Wildman–Crippen MR) is 87.6 cm³/mol. The molecule has 0 saturated heterocycles. The standard InChI is InChI=1S/C17H24N2S/c1-12-4-3-5-14(10-12)8-9-19-16-11-13(2)6-7-15(16)18-17(19)20/h6-7,11-12,14H,3-5,8-10H2,1-2H3,(H,18,20). The van der Waals surface area contributed by atoms with Gasteiger partial charge in [0.1, 0.15) is 0 Å². The molecule has 1 aromatic heterocycles. The summed E-state index contributed by atoms with van der Waals surface area (Å²) in [5.41, 5.74) is 3.73. The number of aromatic nitrogens is 2. The van der Waals surface area contributed by atoms with Crippen molar-refractivity contribution in [3.8, 4) is 0 Å². The Morgan fingerprint density at radius 1 is 1.35 bits per heavy atom. The van der Waals surface area contributed by atoms with E-state index in [4.69, 9.17) is 12.2 Å². The quantitative estimate of drug-likeness (QED) is 0.768. The van der Waals surface area contributed by atoms with E-state index in [0.717, 1.165) is 28.7 Å². The molecule has 2 nitrogen and oxygen atoms in total. The molecule has 1 heterocycles. The minimum atomic E-state index is 0.870. The van der Waals surface area contributed by atoms with Gasteiger partial charge in [0.25, 0.3) is 0 Å². The predicted octanol–water partition coefficient (Wildman–Crippen LogP) is 5.22. The first-order valence-electron chi connectivity index (χ1n) is 7.82. The van der Waals surface area contributed by atoms with Gasteiger partial charge in [-0.25, -0.2) is 0 Å². The highest BCUT2D eigenvalue weighted by atomic mass is 32.1. The topological polar surface area (TPSA) is 20.7 Å². The van der Waals surface area contributed by atoms with Crippen molar-refractivity contribution in [1.29, 1.82) is 0 Å². The second kappa shape index (κ2) is 5.72. The van der Waals surface area contributed by atoms with Crippen LogP contribution >= 0.6 is 12.2 Å². The molecule has 20 heavy (non-hydrogen) atoms. The second-order valence-electron chi connectivity index (χ2n) is 6.53. The van der Waals surface area contributed by atoms with Gasteiger partial charge in [0.15, 0.2) is 4.77 Å². The number of aryl methyl sites for hydroxylation is 2. The minimum absolute atomic E-state index is 0.870. The maximum absolute atomic E-state index is 5.49. The minimum Gasteiger partial charge on any atom is -0.331 e. The van der Waals surface area contributed by atoms with Crippen molar-refractivity contribution >= 4 is 23.3 Å². The highest BCUT2D eigenvalue weighted by Crippen LogP contribution is 2.31. The molecule has 1 aromatic carbocycles. The van der Waals surface area contributed by atoms with Crippen LogP contribution in [0.3, 0.4) is 0 Å². The van der Waals surface area contributed by atoms with Gasteiger partial charge < -0.3 is 9.55 Å². The van der Waals surface area contributed by atoms with E-state index in [0.29, 0.717) is 0 Å². The third kappa shape index (κ3) is 2.83. The zero-order chi connectivity index (χ0) is 14.1. The number of rotatable bonds is 3. The Balaban J connectivity index is 1.78. The van der Waals surface area contributed by atoms with Gasteiger partial charge >= 0.3 is 0 Å². The summed E-state index contributed by atoms with van der Waals surface area (Å²) in [7, 11) is 0. The Labute approximate surface area is 126 Å². The summed E-state index contributed by atoms with van der Waals surface area (Å²) in [6, 6.07) is 6.52. The molecule has 1 aliphatic rings. The summed E-state index contributed by atoms with van der Waals surface area (Å²) in [6.07, 6.45) is 6.89. The molecule has 1 aliphatic carbocycles. The van der Waals surface area contributed by atoms with Crippen molar-refractivity contribution in [2.45, 2.75) is 52.5 Å². The molecular weight excluding hydrogens is 264 g/mol. The fraction of sp³-hybridized carbons (Fsp3) is 0.588. The van der Waals surface area contributed by atoms with Crippen LogP contribution in [0.25, 0.3) is 11.0 Å². The van der Waals surface area contributed by atoms with Crippen LogP contribution in [0.2, 0.25) is 0 Å². The highest BCUT2D eigenvalue weighted by Gasteiger charge is 2.19. The van der Waals surface area contributed by atoms with E-state index in [2.05, 4.69) is 41.6 Å². The van der Waals surface area contributed by atoms with Crippen molar-refractivity contribution in [2.24, 2.45) is 11.8 Å². The van der Waals surface area contributed by atoms with Crippen LogP contribution in [0.5, 0.6) is 0 Å². The van der Waals surface area contributed by atoms with Crippen LogP contribution in [0.15, 0.2) is 18.2 Å². The monoisotopic (exact) mass is 288 g/mol. The number of aromatic amines is 1. The van der Waals surface area contributed by atoms with E-state index in [1.807, 2.05) is 0 Å². The molecule has 108 valence electrons. The maximum atomic E-state index is 5.49. The van der Waals surface area contributed by atoms with Gasteiger partial charge in [-0.2, -0.15) is 0 Å². The number of nitrogens with one attached hydrogen (secondary N) is 1. The summed E-state index contributed by atoms with van der Waals surface area (Å²) in [4.78, 5) is 3.33. The zero-order valence-corrected chi connectivity index (χ0v) is 13.3. The lowest BCUT2D eigenvalue weighted by molar-refractivity contribution is 0.261. The van der Waals surface area contributed by atoms with Crippen LogP contribution in [0.1, 0.15) is 44.6 Å². The third-order valence-corrected chi connectivity index (χ3v) is 5.06. The molecule has 2 unspecified atom stereocenters. The fourth-order valence-corrected chi connectivity index (χ4v) is 3.92. The molecule has 0 bridgehead atoms. The van der Waals surface area contributed by atoms with E-state index >= 15 is 0 Å². The van der Waals surface area contributed by atoms with Crippen molar-refractivity contribution in [1.82, 2.24) is 9.55 Å². The van der Waals surface area contributed by atoms with Crippen molar-refractivity contribution in [3.63, 3.8) is 0 Å². The number of fused-ring (bicyclic) bond motifs is 1. The maximum Gasteiger partial charge on any atom is 0.178 e. The molecule has 0 radical (unpaired) electrons. The van der Waals surface area contributed by atoms with E-state index in [1.54, 1.807) is 0 Å². The number of nitrogens with zero attached hydrogens (tertiary/aromatic N) is 1. The summed E-state index contributed by atoms with van der Waals surface area (Å²) in [5, 5.41) is 0. The summed E-state index contributed by atoms with van der Waals surface area (Å²) < 4.78 is 3.16. The van der Waals surface area contributed by atoms with Gasteiger partial charge in [-0.15, -0.1) is 0 Å². The Morgan fingerprint density at radius 3 is 3.00 bits per heavy atom.